The Hall–Kier alpha value is 1.08. The standard InChI is InChI=1S/C7H17S.HI/c1-4-5-6-7-8(2)3;/h4-7H2,1-3H3;1H/q+1;/p-1. The van der Waals surface area contributed by atoms with Crippen LogP contribution in [0.4, 0.5) is 0 Å². The third-order valence-corrected chi connectivity index (χ3v) is 2.26. The highest BCUT2D eigenvalue weighted by Crippen LogP contribution is 1.96. The molecular weight excluding hydrogens is 243 g/mol. The Morgan fingerprint density at radius 3 is 2.00 bits per heavy atom. The minimum atomic E-state index is 0. The number of hydrogen-bond acceptors (Lipinski definition) is 0. The van der Waals surface area contributed by atoms with Crippen LogP contribution in [0.15, 0.2) is 0 Å². The van der Waals surface area contributed by atoms with Gasteiger partial charge in [-0.1, -0.05) is 13.3 Å². The molecule has 0 atom stereocenters. The molecule has 0 nitrogen and oxygen atoms in total. The topological polar surface area (TPSA) is 0 Å². The fraction of sp³-hybridized carbons (Fsp3) is 1.00. The normalized spacial score (nSPS) is 9.33. The van der Waals surface area contributed by atoms with Crippen molar-refractivity contribution in [2.75, 3.05) is 18.3 Å². The van der Waals surface area contributed by atoms with E-state index >= 15 is 0 Å². The van der Waals surface area contributed by atoms with Crippen LogP contribution in [0.5, 0.6) is 0 Å². The summed E-state index contributed by atoms with van der Waals surface area (Å²) in [6, 6.07) is 0. The molecule has 0 unspecified atom stereocenters. The van der Waals surface area contributed by atoms with Crippen molar-refractivity contribution in [2.24, 2.45) is 0 Å². The van der Waals surface area contributed by atoms with Gasteiger partial charge in [0.05, 0.1) is 12.5 Å². The van der Waals surface area contributed by atoms with Crippen molar-refractivity contribution in [3.05, 3.63) is 0 Å². The molecule has 0 amide bonds. The molecule has 9 heavy (non-hydrogen) atoms. The highest BCUT2D eigenvalue weighted by molar-refractivity contribution is 7.95. The molecule has 0 aliphatic carbocycles. The maximum atomic E-state index is 2.32. The molecule has 0 radical (unpaired) electrons. The molecule has 0 bridgehead atoms. The Labute approximate surface area is 79.2 Å². The molecule has 0 aromatic carbocycles. The highest BCUT2D eigenvalue weighted by atomic mass is 127. The maximum absolute atomic E-state index is 2.32. The predicted molar refractivity (Wildman–Crippen MR) is 43.6 cm³/mol. The monoisotopic (exact) mass is 260 g/mol. The molecule has 0 aliphatic rings. The minimum absolute atomic E-state index is 0. The van der Waals surface area contributed by atoms with E-state index in [1.54, 1.807) is 0 Å². The Kier molecular flexibility index (Phi) is 12.8. The predicted octanol–water partition coefficient (Wildman–Crippen LogP) is -0.941. The lowest BCUT2D eigenvalue weighted by Gasteiger charge is -1.93. The average molecular weight is 260 g/mol. The SMILES string of the molecule is CCCCC[S+](C)C.[I-]. The fourth-order valence-corrected chi connectivity index (χ4v) is 1.42. The van der Waals surface area contributed by atoms with E-state index < -0.39 is 0 Å². The number of unbranched alkanes of at least 4 members (excludes halogenated alkanes) is 2. The van der Waals surface area contributed by atoms with Gasteiger partial charge in [-0.2, -0.15) is 0 Å². The Morgan fingerprint density at radius 2 is 1.67 bits per heavy atom. The summed E-state index contributed by atoms with van der Waals surface area (Å²) in [7, 11) is 0.683. The van der Waals surface area contributed by atoms with Crippen LogP contribution in [0.25, 0.3) is 0 Å². The third-order valence-electron chi connectivity index (χ3n) is 1.16. The number of halogens is 1. The first-order chi connectivity index (χ1) is 3.77. The zero-order valence-electron chi connectivity index (χ0n) is 6.61. The quantitative estimate of drug-likeness (QED) is 0.348. The molecule has 0 heterocycles. The summed E-state index contributed by atoms with van der Waals surface area (Å²) in [5, 5.41) is 0. The Bertz CT molecular complexity index is 46.2. The molecule has 0 N–H and O–H groups in total. The van der Waals surface area contributed by atoms with Gasteiger partial charge >= 0.3 is 0 Å². The van der Waals surface area contributed by atoms with Crippen molar-refractivity contribution in [3.63, 3.8) is 0 Å². The lowest BCUT2D eigenvalue weighted by molar-refractivity contribution is -0.00000196. The summed E-state index contributed by atoms with van der Waals surface area (Å²) in [6.07, 6.45) is 8.85. The number of rotatable bonds is 4. The molecule has 0 saturated carbocycles. The van der Waals surface area contributed by atoms with E-state index in [-0.39, 0.29) is 24.0 Å². The van der Waals surface area contributed by atoms with E-state index in [0.717, 1.165) is 0 Å². The first kappa shape index (κ1) is 12.7. The number of hydrogen-bond donors (Lipinski definition) is 0. The van der Waals surface area contributed by atoms with Crippen LogP contribution in [0.1, 0.15) is 26.2 Å². The second-order valence-corrected chi connectivity index (χ2v) is 4.78. The van der Waals surface area contributed by atoms with Crippen LogP contribution in [0.3, 0.4) is 0 Å². The van der Waals surface area contributed by atoms with Crippen molar-refractivity contribution >= 4 is 10.9 Å². The zero-order chi connectivity index (χ0) is 6.41. The van der Waals surface area contributed by atoms with Crippen LogP contribution >= 0.6 is 0 Å². The summed E-state index contributed by atoms with van der Waals surface area (Å²) >= 11 is 0. The summed E-state index contributed by atoms with van der Waals surface area (Å²) < 4.78 is 0. The van der Waals surface area contributed by atoms with Gasteiger partial charge < -0.3 is 24.0 Å². The molecule has 0 aromatic rings. The lowest BCUT2D eigenvalue weighted by atomic mass is 10.3. The summed E-state index contributed by atoms with van der Waals surface area (Å²) in [4.78, 5) is 0. The molecule has 0 aliphatic heterocycles. The van der Waals surface area contributed by atoms with Gasteiger partial charge in [0.2, 0.25) is 0 Å². The first-order valence-corrected chi connectivity index (χ1v) is 5.52. The fourth-order valence-electron chi connectivity index (χ4n) is 0.641. The van der Waals surface area contributed by atoms with Gasteiger partial charge in [-0.05, 0) is 23.7 Å². The zero-order valence-corrected chi connectivity index (χ0v) is 9.59. The van der Waals surface area contributed by atoms with E-state index in [1.807, 2.05) is 0 Å². The van der Waals surface area contributed by atoms with Crippen molar-refractivity contribution in [1.29, 1.82) is 0 Å². The molecule has 2 heteroatoms. The van der Waals surface area contributed by atoms with Gasteiger partial charge in [-0.25, -0.2) is 0 Å². The van der Waals surface area contributed by atoms with Crippen LogP contribution < -0.4 is 24.0 Å². The Balaban J connectivity index is 0. The van der Waals surface area contributed by atoms with Crippen LogP contribution in [-0.4, -0.2) is 18.3 Å². The van der Waals surface area contributed by atoms with E-state index in [4.69, 9.17) is 0 Å². The maximum Gasteiger partial charge on any atom is 0.107 e. The second kappa shape index (κ2) is 9.08. The van der Waals surface area contributed by atoms with Crippen LogP contribution in [-0.2, 0) is 10.9 Å². The average Bonchev–Trinajstić information content (AvgIpc) is 1.66. The summed E-state index contributed by atoms with van der Waals surface area (Å²) in [5.74, 6) is 1.44. The molecular formula is C7H17IS. The van der Waals surface area contributed by atoms with Crippen LogP contribution in [0, 0.1) is 0 Å². The molecule has 0 spiro atoms. The van der Waals surface area contributed by atoms with Gasteiger partial charge in [0.15, 0.2) is 0 Å². The smallest absolute Gasteiger partial charge is 0.107 e. The van der Waals surface area contributed by atoms with E-state index in [9.17, 15) is 0 Å². The van der Waals surface area contributed by atoms with Gasteiger partial charge in [0, 0.05) is 0 Å². The van der Waals surface area contributed by atoms with E-state index in [0.29, 0.717) is 10.9 Å². The van der Waals surface area contributed by atoms with Gasteiger partial charge in [-0.15, -0.1) is 0 Å². The lowest BCUT2D eigenvalue weighted by Crippen LogP contribution is -3.00. The van der Waals surface area contributed by atoms with Crippen molar-refractivity contribution in [3.8, 4) is 0 Å². The largest absolute Gasteiger partial charge is 1.00 e. The molecule has 0 rings (SSSR count). The highest BCUT2D eigenvalue weighted by Gasteiger charge is 1.98. The minimum Gasteiger partial charge on any atom is -1.00 e. The Morgan fingerprint density at radius 1 is 1.11 bits per heavy atom. The van der Waals surface area contributed by atoms with Gasteiger partial charge in [-0.3, -0.25) is 0 Å². The van der Waals surface area contributed by atoms with Gasteiger partial charge in [0.1, 0.15) is 5.75 Å². The molecule has 0 aromatic heterocycles. The van der Waals surface area contributed by atoms with E-state index in [2.05, 4.69) is 19.4 Å². The van der Waals surface area contributed by atoms with Gasteiger partial charge in [0.25, 0.3) is 0 Å². The first-order valence-electron chi connectivity index (χ1n) is 3.31. The molecule has 58 valence electrons. The van der Waals surface area contributed by atoms with Crippen molar-refractivity contribution in [2.45, 2.75) is 26.2 Å². The van der Waals surface area contributed by atoms with Crippen molar-refractivity contribution in [1.82, 2.24) is 0 Å². The van der Waals surface area contributed by atoms with Crippen molar-refractivity contribution < 1.29 is 24.0 Å². The molecule has 0 saturated heterocycles. The third kappa shape index (κ3) is 12.3. The van der Waals surface area contributed by atoms with Crippen LogP contribution in [0.2, 0.25) is 0 Å². The second-order valence-electron chi connectivity index (χ2n) is 2.40. The summed E-state index contributed by atoms with van der Waals surface area (Å²) in [6.45, 7) is 2.25. The van der Waals surface area contributed by atoms with E-state index in [1.165, 1.54) is 25.0 Å². The molecule has 0 fully saturated rings. The summed E-state index contributed by atoms with van der Waals surface area (Å²) in [5.41, 5.74) is 0.